The second-order valence-corrected chi connectivity index (χ2v) is 0. The van der Waals surface area contributed by atoms with Gasteiger partial charge in [-0.25, -0.2) is 0 Å². The Bertz CT molecular complexity index is 11.6. The maximum atomic E-state index is 0. The minimum absolute atomic E-state index is 0. The molecule has 0 atom stereocenters. The molecule has 0 aliphatic carbocycles. The van der Waals surface area contributed by atoms with Gasteiger partial charge in [0.25, 0.3) is 0 Å². The van der Waals surface area contributed by atoms with Crippen LogP contribution < -0.4 is 0 Å². The summed E-state index contributed by atoms with van der Waals surface area (Å²) in [4.78, 5) is 0. The standard InChI is InChI=1S/Al.Co.Li.Mn.Ni. The molecule has 0 aromatic rings. The van der Waals surface area contributed by atoms with Crippen molar-refractivity contribution in [3.05, 3.63) is 0 Å². The zero-order valence-corrected chi connectivity index (χ0v) is 6.97. The summed E-state index contributed by atoms with van der Waals surface area (Å²) < 4.78 is 0. The number of rotatable bonds is 0. The molecule has 30 valence electrons. The topological polar surface area (TPSA) is 0 Å². The van der Waals surface area contributed by atoms with Gasteiger partial charge in [0.1, 0.15) is 0 Å². The van der Waals surface area contributed by atoms with E-state index < -0.39 is 0 Å². The summed E-state index contributed by atoms with van der Waals surface area (Å²) in [6, 6.07) is 0. The molecule has 0 unspecified atom stereocenters. The summed E-state index contributed by atoms with van der Waals surface area (Å²) in [6.07, 6.45) is 0. The zero-order chi connectivity index (χ0) is 0. The van der Waals surface area contributed by atoms with E-state index in [4.69, 9.17) is 0 Å². The van der Waals surface area contributed by atoms with E-state index in [9.17, 15) is 0 Å². The van der Waals surface area contributed by atoms with E-state index in [2.05, 4.69) is 0 Å². The van der Waals surface area contributed by atoms with Crippen molar-refractivity contribution in [2.45, 2.75) is 0 Å². The predicted octanol–water partition coefficient (Wildman–Crippen LogP) is -0.769. The number of hydrogen-bond donors (Lipinski definition) is 0. The molecule has 0 fully saturated rings. The van der Waals surface area contributed by atoms with Crippen molar-refractivity contribution in [3.63, 3.8) is 0 Å². The fourth-order valence-electron chi connectivity index (χ4n) is 0. The van der Waals surface area contributed by atoms with Crippen LogP contribution in [0.1, 0.15) is 0 Å². The monoisotopic (exact) mass is 206 g/mol. The Morgan fingerprint density at radius 2 is 1.00 bits per heavy atom. The van der Waals surface area contributed by atoms with E-state index in [0.717, 1.165) is 0 Å². The minimum Gasteiger partial charge on any atom is 0 e. The summed E-state index contributed by atoms with van der Waals surface area (Å²) in [5, 5.41) is 0. The van der Waals surface area contributed by atoms with Crippen LogP contribution in [0.15, 0.2) is 0 Å². The van der Waals surface area contributed by atoms with Crippen LogP contribution in [0.5, 0.6) is 0 Å². The fraction of sp³-hybridized carbons (Fsp3) is 0. The first-order valence-corrected chi connectivity index (χ1v) is 0. The van der Waals surface area contributed by atoms with Gasteiger partial charge in [0.2, 0.25) is 0 Å². The summed E-state index contributed by atoms with van der Waals surface area (Å²) in [5.74, 6) is 0. The van der Waals surface area contributed by atoms with Gasteiger partial charge in [0, 0.05) is 86.6 Å². The molecule has 5 heavy (non-hydrogen) atoms. The van der Waals surface area contributed by atoms with Crippen LogP contribution in [0, 0.1) is 0 Å². The average Bonchev–Trinajstić information content (AvgIpc) is 0. The smallest absolute Gasteiger partial charge is 0 e. The maximum absolute atomic E-state index is 0. The van der Waals surface area contributed by atoms with E-state index in [1.165, 1.54) is 0 Å². The molecule has 0 rings (SSSR count). The molecule has 0 aromatic carbocycles. The molecule has 0 spiro atoms. The van der Waals surface area contributed by atoms with Crippen molar-refractivity contribution in [2.75, 3.05) is 0 Å². The van der Waals surface area contributed by atoms with Gasteiger partial charge in [0.05, 0.1) is 0 Å². The van der Waals surface area contributed by atoms with E-state index >= 15 is 0 Å². The first kappa shape index (κ1) is 48.2. The minimum atomic E-state index is 0. The molecule has 5 heteroatoms. The third-order valence-corrected chi connectivity index (χ3v) is 0. The van der Waals surface area contributed by atoms with E-state index in [1.807, 2.05) is 0 Å². The molecule has 0 heterocycles. The van der Waals surface area contributed by atoms with Gasteiger partial charge in [-0.1, -0.05) is 0 Å². The van der Waals surface area contributed by atoms with Crippen molar-refractivity contribution in [1.82, 2.24) is 0 Å². The molecule has 6 radical (unpaired) electrons. The Labute approximate surface area is 85.5 Å². The van der Waals surface area contributed by atoms with Crippen molar-refractivity contribution >= 4 is 36.2 Å². The van der Waals surface area contributed by atoms with Gasteiger partial charge in [-0.3, -0.25) is 0 Å². The van der Waals surface area contributed by atoms with Crippen LogP contribution >= 0.6 is 0 Å². The maximum Gasteiger partial charge on any atom is 0 e. The SMILES string of the molecule is [Al].[Co].[Li].[Mn].[Ni]. The second kappa shape index (κ2) is 30.2. The fourth-order valence-corrected chi connectivity index (χ4v) is 0. The largest absolute Gasteiger partial charge is 0 e. The van der Waals surface area contributed by atoms with Crippen LogP contribution in [0.4, 0.5) is 0 Å². The van der Waals surface area contributed by atoms with Crippen molar-refractivity contribution in [1.29, 1.82) is 0 Å². The van der Waals surface area contributed by atoms with Gasteiger partial charge in [0.15, 0.2) is 0 Å². The van der Waals surface area contributed by atoms with Crippen LogP contribution in [-0.4, -0.2) is 36.2 Å². The van der Waals surface area contributed by atoms with Crippen LogP contribution in [0.25, 0.3) is 0 Å². The summed E-state index contributed by atoms with van der Waals surface area (Å²) >= 11 is 0. The second-order valence-electron chi connectivity index (χ2n) is 0. The quantitative estimate of drug-likeness (QED) is 0.457. The summed E-state index contributed by atoms with van der Waals surface area (Å²) in [5.41, 5.74) is 0. The molecule has 0 nitrogen and oxygen atoms in total. The first-order valence-electron chi connectivity index (χ1n) is 0. The normalized spacial score (nSPS) is 0. The van der Waals surface area contributed by atoms with Crippen LogP contribution in [-0.2, 0) is 50.3 Å². The third-order valence-electron chi connectivity index (χ3n) is 0. The van der Waals surface area contributed by atoms with Crippen LogP contribution in [0.2, 0.25) is 0 Å². The molecule has 0 bridgehead atoms. The van der Waals surface area contributed by atoms with Gasteiger partial charge in [-0.05, 0) is 0 Å². The van der Waals surface area contributed by atoms with E-state index in [1.54, 1.807) is 0 Å². The third kappa shape index (κ3) is 20.5. The Morgan fingerprint density at radius 3 is 1.00 bits per heavy atom. The van der Waals surface area contributed by atoms with E-state index in [0.29, 0.717) is 0 Å². The molecule has 0 aromatic heterocycles. The zero-order valence-electron chi connectivity index (χ0n) is 2.60. The van der Waals surface area contributed by atoms with Gasteiger partial charge >= 0.3 is 0 Å². The van der Waals surface area contributed by atoms with Gasteiger partial charge < -0.3 is 0 Å². The van der Waals surface area contributed by atoms with Crippen molar-refractivity contribution in [3.8, 4) is 0 Å². The Kier molecular flexibility index (Phi) is 291. The van der Waals surface area contributed by atoms with Crippen LogP contribution in [0.3, 0.4) is 0 Å². The molecule has 0 aliphatic heterocycles. The molecule has 0 N–H and O–H groups in total. The summed E-state index contributed by atoms with van der Waals surface area (Å²) in [6.45, 7) is 0. The average molecular weight is 206 g/mol. The Morgan fingerprint density at radius 1 is 1.00 bits per heavy atom. The number of hydrogen-bond acceptors (Lipinski definition) is 0. The molecular weight excluding hydrogens is 206 g/mol. The molecule has 0 amide bonds. The predicted molar refractivity (Wildman–Crippen MR) is 11.5 cm³/mol. The summed E-state index contributed by atoms with van der Waals surface area (Å²) in [7, 11) is 0. The molecule has 0 saturated carbocycles. The van der Waals surface area contributed by atoms with Gasteiger partial charge in [-0.2, -0.15) is 0 Å². The van der Waals surface area contributed by atoms with Crippen molar-refractivity contribution < 1.29 is 50.3 Å². The van der Waals surface area contributed by atoms with Crippen molar-refractivity contribution in [2.24, 2.45) is 0 Å². The Hall–Kier alpha value is 2.65. The first-order chi connectivity index (χ1) is 0. The molecular formula is AlCoLiMnNi. The Balaban J connectivity index is 0. The molecule has 0 saturated heterocycles. The van der Waals surface area contributed by atoms with Gasteiger partial charge in [-0.15, -0.1) is 0 Å². The van der Waals surface area contributed by atoms with E-state index in [-0.39, 0.29) is 86.6 Å². The molecule has 0 aliphatic rings.